The number of rotatable bonds is 5. The number of carbonyl (C=O) groups excluding carboxylic acids is 1. The summed E-state index contributed by atoms with van der Waals surface area (Å²) in [4.78, 5) is 10.6. The van der Waals surface area contributed by atoms with Crippen LogP contribution in [0.15, 0.2) is 18.2 Å². The van der Waals surface area contributed by atoms with E-state index in [1.807, 2.05) is 25.1 Å². The predicted molar refractivity (Wildman–Crippen MR) is 61.4 cm³/mol. The second-order valence-corrected chi connectivity index (χ2v) is 3.70. The molecular weight excluding hydrogens is 188 g/mol. The highest BCUT2D eigenvalue weighted by Gasteiger charge is 2.14. The maximum absolute atomic E-state index is 10.6. The number of para-hydroxylation sites is 1. The normalized spacial score (nSPS) is 12.2. The minimum atomic E-state index is 0.275. The van der Waals surface area contributed by atoms with E-state index in [-0.39, 0.29) is 5.92 Å². The molecule has 2 heteroatoms. The van der Waals surface area contributed by atoms with Crippen LogP contribution < -0.4 is 4.74 Å². The quantitative estimate of drug-likeness (QED) is 0.692. The van der Waals surface area contributed by atoms with Crippen LogP contribution in [-0.4, -0.2) is 13.4 Å². The van der Waals surface area contributed by atoms with E-state index in [4.69, 9.17) is 4.74 Å². The molecule has 1 atom stereocenters. The van der Waals surface area contributed by atoms with Crippen LogP contribution in [0.4, 0.5) is 0 Å². The van der Waals surface area contributed by atoms with E-state index in [1.54, 1.807) is 7.11 Å². The summed E-state index contributed by atoms with van der Waals surface area (Å²) in [6.07, 6.45) is 2.50. The van der Waals surface area contributed by atoms with Gasteiger partial charge in [0.1, 0.15) is 12.0 Å². The Balaban J connectivity index is 3.10. The van der Waals surface area contributed by atoms with Gasteiger partial charge in [-0.3, -0.25) is 0 Å². The molecule has 0 heterocycles. The summed E-state index contributed by atoms with van der Waals surface area (Å²) < 4.78 is 5.39. The van der Waals surface area contributed by atoms with E-state index in [0.717, 1.165) is 29.6 Å². The lowest BCUT2D eigenvalue weighted by Crippen LogP contribution is -2.02. The zero-order valence-electron chi connectivity index (χ0n) is 9.62. The second kappa shape index (κ2) is 5.54. The van der Waals surface area contributed by atoms with Crippen LogP contribution in [0, 0.1) is 6.92 Å². The topological polar surface area (TPSA) is 26.3 Å². The van der Waals surface area contributed by atoms with Gasteiger partial charge in [0.15, 0.2) is 0 Å². The Morgan fingerprint density at radius 2 is 2.20 bits per heavy atom. The largest absolute Gasteiger partial charge is 0.496 e. The summed E-state index contributed by atoms with van der Waals surface area (Å²) in [6.45, 7) is 4.12. The molecule has 0 aliphatic heterocycles. The average Bonchev–Trinajstić information content (AvgIpc) is 2.25. The third-order valence-electron chi connectivity index (χ3n) is 2.76. The molecule has 0 N–H and O–H groups in total. The lowest BCUT2D eigenvalue weighted by Gasteiger charge is -2.17. The fourth-order valence-electron chi connectivity index (χ4n) is 1.91. The molecule has 0 aromatic heterocycles. The van der Waals surface area contributed by atoms with Crippen molar-refractivity contribution < 1.29 is 9.53 Å². The lowest BCUT2D eigenvalue weighted by molar-refractivity contribution is -0.108. The molecule has 1 aromatic carbocycles. The standard InChI is InChI=1S/C13H18O2/c1-4-11(8-9-14)12-7-5-6-10(2)13(12)15-3/h5-7,9,11H,4,8H2,1-3H3. The van der Waals surface area contributed by atoms with Gasteiger partial charge in [-0.05, 0) is 30.4 Å². The molecule has 0 bridgehead atoms. The minimum absolute atomic E-state index is 0.275. The van der Waals surface area contributed by atoms with Crippen molar-refractivity contribution in [3.8, 4) is 5.75 Å². The van der Waals surface area contributed by atoms with Crippen LogP contribution in [0.5, 0.6) is 5.75 Å². The molecule has 0 aliphatic carbocycles. The Labute approximate surface area is 91.3 Å². The van der Waals surface area contributed by atoms with Gasteiger partial charge in [0.05, 0.1) is 7.11 Å². The molecule has 15 heavy (non-hydrogen) atoms. The smallest absolute Gasteiger partial charge is 0.125 e. The summed E-state index contributed by atoms with van der Waals surface area (Å²) in [5.74, 6) is 1.20. The maximum Gasteiger partial charge on any atom is 0.125 e. The summed E-state index contributed by atoms with van der Waals surface area (Å²) in [7, 11) is 1.68. The fourth-order valence-corrected chi connectivity index (χ4v) is 1.91. The number of aryl methyl sites for hydroxylation is 1. The van der Waals surface area contributed by atoms with Crippen molar-refractivity contribution in [1.29, 1.82) is 0 Å². The van der Waals surface area contributed by atoms with Crippen molar-refractivity contribution in [3.63, 3.8) is 0 Å². The van der Waals surface area contributed by atoms with Crippen LogP contribution >= 0.6 is 0 Å². The average molecular weight is 206 g/mol. The third kappa shape index (κ3) is 2.58. The van der Waals surface area contributed by atoms with Crippen LogP contribution in [0.25, 0.3) is 0 Å². The highest BCUT2D eigenvalue weighted by atomic mass is 16.5. The molecule has 0 fully saturated rings. The Morgan fingerprint density at radius 1 is 1.47 bits per heavy atom. The predicted octanol–water partition coefficient (Wildman–Crippen LogP) is 3.09. The van der Waals surface area contributed by atoms with Crippen LogP contribution in [0.3, 0.4) is 0 Å². The van der Waals surface area contributed by atoms with Gasteiger partial charge in [0, 0.05) is 6.42 Å². The number of benzene rings is 1. The summed E-state index contributed by atoms with van der Waals surface area (Å²) >= 11 is 0. The van der Waals surface area contributed by atoms with Crippen molar-refractivity contribution in [2.24, 2.45) is 0 Å². The van der Waals surface area contributed by atoms with Crippen LogP contribution in [0.2, 0.25) is 0 Å². The Hall–Kier alpha value is -1.31. The number of hydrogen-bond donors (Lipinski definition) is 0. The van der Waals surface area contributed by atoms with Crippen molar-refractivity contribution in [1.82, 2.24) is 0 Å². The minimum Gasteiger partial charge on any atom is -0.496 e. The highest BCUT2D eigenvalue weighted by molar-refractivity contribution is 5.53. The number of ether oxygens (including phenoxy) is 1. The summed E-state index contributed by atoms with van der Waals surface area (Å²) in [5, 5.41) is 0. The zero-order valence-corrected chi connectivity index (χ0v) is 9.62. The molecule has 1 rings (SSSR count). The Kier molecular flexibility index (Phi) is 4.35. The number of methoxy groups -OCH3 is 1. The lowest BCUT2D eigenvalue weighted by atomic mass is 9.91. The molecule has 1 unspecified atom stereocenters. The first-order valence-electron chi connectivity index (χ1n) is 5.31. The first-order valence-corrected chi connectivity index (χ1v) is 5.31. The highest BCUT2D eigenvalue weighted by Crippen LogP contribution is 2.32. The number of aldehydes is 1. The molecule has 0 aliphatic rings. The van der Waals surface area contributed by atoms with Crippen LogP contribution in [0.1, 0.15) is 36.8 Å². The fraction of sp³-hybridized carbons (Fsp3) is 0.462. The first kappa shape index (κ1) is 11.8. The van der Waals surface area contributed by atoms with E-state index < -0.39 is 0 Å². The van der Waals surface area contributed by atoms with Gasteiger partial charge in [-0.1, -0.05) is 25.1 Å². The molecule has 0 saturated heterocycles. The molecule has 2 nitrogen and oxygen atoms in total. The molecular formula is C13H18O2. The van der Waals surface area contributed by atoms with Gasteiger partial charge >= 0.3 is 0 Å². The van der Waals surface area contributed by atoms with Crippen molar-refractivity contribution in [2.45, 2.75) is 32.6 Å². The van der Waals surface area contributed by atoms with Gasteiger partial charge in [0.2, 0.25) is 0 Å². The summed E-state index contributed by atoms with van der Waals surface area (Å²) in [5.41, 5.74) is 2.27. The van der Waals surface area contributed by atoms with E-state index in [0.29, 0.717) is 6.42 Å². The Bertz CT molecular complexity index is 331. The van der Waals surface area contributed by atoms with Crippen molar-refractivity contribution >= 4 is 6.29 Å². The third-order valence-corrected chi connectivity index (χ3v) is 2.76. The SMILES string of the molecule is CCC(CC=O)c1cccc(C)c1OC. The second-order valence-electron chi connectivity index (χ2n) is 3.70. The van der Waals surface area contributed by atoms with E-state index in [1.165, 1.54) is 0 Å². The first-order chi connectivity index (χ1) is 7.24. The van der Waals surface area contributed by atoms with Gasteiger partial charge < -0.3 is 9.53 Å². The monoisotopic (exact) mass is 206 g/mol. The zero-order chi connectivity index (χ0) is 11.3. The molecule has 0 radical (unpaired) electrons. The van der Waals surface area contributed by atoms with E-state index in [9.17, 15) is 4.79 Å². The van der Waals surface area contributed by atoms with Gasteiger partial charge in [0.25, 0.3) is 0 Å². The van der Waals surface area contributed by atoms with Crippen molar-refractivity contribution in [3.05, 3.63) is 29.3 Å². The maximum atomic E-state index is 10.6. The van der Waals surface area contributed by atoms with E-state index >= 15 is 0 Å². The van der Waals surface area contributed by atoms with Gasteiger partial charge in [-0.25, -0.2) is 0 Å². The number of carbonyl (C=O) groups is 1. The molecule has 0 amide bonds. The van der Waals surface area contributed by atoms with Crippen molar-refractivity contribution in [2.75, 3.05) is 7.11 Å². The number of hydrogen-bond acceptors (Lipinski definition) is 2. The Morgan fingerprint density at radius 3 is 2.73 bits per heavy atom. The molecule has 0 saturated carbocycles. The van der Waals surface area contributed by atoms with E-state index in [2.05, 4.69) is 6.92 Å². The molecule has 82 valence electrons. The summed E-state index contributed by atoms with van der Waals surface area (Å²) in [6, 6.07) is 6.08. The molecule has 1 aromatic rings. The molecule has 0 spiro atoms. The van der Waals surface area contributed by atoms with Gasteiger partial charge in [-0.2, -0.15) is 0 Å². The van der Waals surface area contributed by atoms with Gasteiger partial charge in [-0.15, -0.1) is 0 Å². The van der Waals surface area contributed by atoms with Crippen LogP contribution in [-0.2, 0) is 4.79 Å².